The predicted molar refractivity (Wildman–Crippen MR) is 53.4 cm³/mol. The summed E-state index contributed by atoms with van der Waals surface area (Å²) in [4.78, 5) is 21.9. The Hall–Kier alpha value is -1.10. The number of carbonyl (C=O) groups excluding carboxylic acids is 1. The fourth-order valence-corrected chi connectivity index (χ4v) is 1.50. The Morgan fingerprint density at radius 1 is 1.53 bits per heavy atom. The number of amides is 1. The molecule has 0 bridgehead atoms. The van der Waals surface area contributed by atoms with E-state index < -0.39 is 5.97 Å². The van der Waals surface area contributed by atoms with Crippen molar-refractivity contribution in [3.8, 4) is 0 Å². The lowest BCUT2D eigenvalue weighted by Gasteiger charge is -2.15. The molecule has 0 aliphatic heterocycles. The third-order valence-electron chi connectivity index (χ3n) is 2.47. The van der Waals surface area contributed by atoms with E-state index in [1.54, 1.807) is 0 Å². The zero-order chi connectivity index (χ0) is 11.3. The number of carbonyl (C=O) groups is 2. The first-order valence-corrected chi connectivity index (χ1v) is 5.13. The Labute approximate surface area is 88.8 Å². The van der Waals surface area contributed by atoms with Crippen LogP contribution in [0.2, 0.25) is 0 Å². The SMILES string of the molecule is COCCC(=O)NC(CC(=O)O)C1CC1. The van der Waals surface area contributed by atoms with Crippen molar-refractivity contribution in [3.05, 3.63) is 0 Å². The number of nitrogens with one attached hydrogen (secondary N) is 1. The summed E-state index contributed by atoms with van der Waals surface area (Å²) >= 11 is 0. The maximum Gasteiger partial charge on any atom is 0.305 e. The van der Waals surface area contributed by atoms with Gasteiger partial charge in [0, 0.05) is 19.6 Å². The average molecular weight is 215 g/mol. The minimum atomic E-state index is -0.862. The van der Waals surface area contributed by atoms with Gasteiger partial charge in [0.25, 0.3) is 0 Å². The van der Waals surface area contributed by atoms with Gasteiger partial charge >= 0.3 is 5.97 Å². The summed E-state index contributed by atoms with van der Waals surface area (Å²) in [7, 11) is 1.53. The van der Waals surface area contributed by atoms with Gasteiger partial charge in [-0.05, 0) is 18.8 Å². The van der Waals surface area contributed by atoms with Gasteiger partial charge in [-0.3, -0.25) is 9.59 Å². The molecule has 1 rings (SSSR count). The second-order valence-electron chi connectivity index (χ2n) is 3.85. The quantitative estimate of drug-likeness (QED) is 0.644. The molecule has 0 aromatic heterocycles. The van der Waals surface area contributed by atoms with Crippen LogP contribution in [0.3, 0.4) is 0 Å². The van der Waals surface area contributed by atoms with Crippen LogP contribution in [0.5, 0.6) is 0 Å². The topological polar surface area (TPSA) is 75.6 Å². The lowest BCUT2D eigenvalue weighted by atomic mass is 10.1. The zero-order valence-electron chi connectivity index (χ0n) is 8.86. The predicted octanol–water partition coefficient (Wildman–Crippen LogP) is 0.392. The molecule has 0 aromatic carbocycles. The number of rotatable bonds is 7. The first kappa shape index (κ1) is 12.0. The number of hydrogen-bond donors (Lipinski definition) is 2. The molecule has 1 aliphatic rings. The van der Waals surface area contributed by atoms with Crippen molar-refractivity contribution >= 4 is 11.9 Å². The summed E-state index contributed by atoms with van der Waals surface area (Å²) in [5.41, 5.74) is 0. The maximum atomic E-state index is 11.3. The van der Waals surface area contributed by atoms with Crippen molar-refractivity contribution in [2.24, 2.45) is 5.92 Å². The van der Waals surface area contributed by atoms with Crippen LogP contribution in [-0.2, 0) is 14.3 Å². The molecule has 1 amide bonds. The molecule has 2 N–H and O–H groups in total. The highest BCUT2D eigenvalue weighted by Crippen LogP contribution is 2.34. The Kier molecular flexibility index (Phi) is 4.55. The average Bonchev–Trinajstić information content (AvgIpc) is 2.96. The Bertz CT molecular complexity index is 238. The molecule has 0 heterocycles. The fourth-order valence-electron chi connectivity index (χ4n) is 1.50. The first-order valence-electron chi connectivity index (χ1n) is 5.13. The summed E-state index contributed by atoms with van der Waals surface area (Å²) in [6, 6.07) is -0.202. The largest absolute Gasteiger partial charge is 0.481 e. The Balaban J connectivity index is 2.30. The zero-order valence-corrected chi connectivity index (χ0v) is 8.86. The van der Waals surface area contributed by atoms with Gasteiger partial charge in [0.1, 0.15) is 0 Å². The summed E-state index contributed by atoms with van der Waals surface area (Å²) in [6.07, 6.45) is 2.34. The van der Waals surface area contributed by atoms with Crippen LogP contribution in [0.25, 0.3) is 0 Å². The third kappa shape index (κ3) is 4.78. The number of carboxylic acid groups (broad SMARTS) is 1. The van der Waals surface area contributed by atoms with E-state index in [0.29, 0.717) is 18.9 Å². The van der Waals surface area contributed by atoms with Gasteiger partial charge in [0.05, 0.1) is 13.0 Å². The van der Waals surface area contributed by atoms with Crippen LogP contribution in [0.15, 0.2) is 0 Å². The van der Waals surface area contributed by atoms with E-state index in [0.717, 1.165) is 12.8 Å². The minimum Gasteiger partial charge on any atom is -0.481 e. The van der Waals surface area contributed by atoms with Crippen LogP contribution < -0.4 is 5.32 Å². The van der Waals surface area contributed by atoms with E-state index in [1.807, 2.05) is 0 Å². The van der Waals surface area contributed by atoms with Crippen LogP contribution in [0.4, 0.5) is 0 Å². The van der Waals surface area contributed by atoms with Crippen molar-refractivity contribution in [1.82, 2.24) is 5.32 Å². The highest BCUT2D eigenvalue weighted by molar-refractivity contribution is 5.77. The minimum absolute atomic E-state index is 0.0173. The molecular formula is C10H17NO4. The van der Waals surface area contributed by atoms with Crippen molar-refractivity contribution in [2.75, 3.05) is 13.7 Å². The van der Waals surface area contributed by atoms with Gasteiger partial charge in [-0.1, -0.05) is 0 Å². The van der Waals surface area contributed by atoms with E-state index in [9.17, 15) is 9.59 Å². The fraction of sp³-hybridized carbons (Fsp3) is 0.800. The molecule has 0 radical (unpaired) electrons. The summed E-state index contributed by atoms with van der Waals surface area (Å²) in [5, 5.41) is 11.4. The monoisotopic (exact) mass is 215 g/mol. The van der Waals surface area contributed by atoms with Crippen molar-refractivity contribution in [2.45, 2.75) is 31.7 Å². The molecule has 1 fully saturated rings. The van der Waals surface area contributed by atoms with Gasteiger partial charge in [0.15, 0.2) is 0 Å². The lowest BCUT2D eigenvalue weighted by Crippen LogP contribution is -2.38. The second-order valence-corrected chi connectivity index (χ2v) is 3.85. The van der Waals surface area contributed by atoms with Gasteiger partial charge in [-0.2, -0.15) is 0 Å². The van der Waals surface area contributed by atoms with Crippen LogP contribution >= 0.6 is 0 Å². The standard InChI is InChI=1S/C10H17NO4/c1-15-5-4-9(12)11-8(6-10(13)14)7-2-3-7/h7-8H,2-6H2,1H3,(H,11,12)(H,13,14). The van der Waals surface area contributed by atoms with Crippen LogP contribution in [0.1, 0.15) is 25.7 Å². The lowest BCUT2D eigenvalue weighted by molar-refractivity contribution is -0.137. The van der Waals surface area contributed by atoms with Crippen molar-refractivity contribution < 1.29 is 19.4 Å². The molecule has 0 spiro atoms. The molecule has 86 valence electrons. The van der Waals surface area contributed by atoms with E-state index in [-0.39, 0.29) is 18.4 Å². The summed E-state index contributed by atoms with van der Waals surface area (Å²) in [6.45, 7) is 0.371. The molecule has 1 unspecified atom stereocenters. The summed E-state index contributed by atoms with van der Waals surface area (Å²) in [5.74, 6) is -0.637. The Morgan fingerprint density at radius 2 is 2.20 bits per heavy atom. The maximum absolute atomic E-state index is 11.3. The van der Waals surface area contributed by atoms with Crippen LogP contribution in [-0.4, -0.2) is 36.7 Å². The van der Waals surface area contributed by atoms with E-state index in [4.69, 9.17) is 9.84 Å². The smallest absolute Gasteiger partial charge is 0.305 e. The van der Waals surface area contributed by atoms with E-state index in [1.165, 1.54) is 7.11 Å². The molecule has 0 saturated heterocycles. The Morgan fingerprint density at radius 3 is 2.67 bits per heavy atom. The number of aliphatic carboxylic acids is 1. The molecular weight excluding hydrogens is 198 g/mol. The highest BCUT2D eigenvalue weighted by Gasteiger charge is 2.33. The second kappa shape index (κ2) is 5.70. The number of methoxy groups -OCH3 is 1. The highest BCUT2D eigenvalue weighted by atomic mass is 16.5. The third-order valence-corrected chi connectivity index (χ3v) is 2.47. The molecule has 1 atom stereocenters. The van der Waals surface area contributed by atoms with Crippen molar-refractivity contribution in [1.29, 1.82) is 0 Å². The normalized spacial score (nSPS) is 17.1. The van der Waals surface area contributed by atoms with Gasteiger partial charge in [0.2, 0.25) is 5.91 Å². The van der Waals surface area contributed by atoms with Gasteiger partial charge in [-0.25, -0.2) is 0 Å². The van der Waals surface area contributed by atoms with E-state index in [2.05, 4.69) is 5.32 Å². The molecule has 0 aromatic rings. The molecule has 1 saturated carbocycles. The van der Waals surface area contributed by atoms with Gasteiger partial charge in [-0.15, -0.1) is 0 Å². The van der Waals surface area contributed by atoms with E-state index >= 15 is 0 Å². The summed E-state index contributed by atoms with van der Waals surface area (Å²) < 4.78 is 4.77. The van der Waals surface area contributed by atoms with Crippen LogP contribution in [0, 0.1) is 5.92 Å². The number of hydrogen-bond acceptors (Lipinski definition) is 3. The molecule has 1 aliphatic carbocycles. The molecule has 5 heteroatoms. The number of carboxylic acids is 1. The van der Waals surface area contributed by atoms with Gasteiger partial charge < -0.3 is 15.2 Å². The number of ether oxygens (including phenoxy) is 1. The molecule has 5 nitrogen and oxygen atoms in total. The van der Waals surface area contributed by atoms with Crippen molar-refractivity contribution in [3.63, 3.8) is 0 Å². The first-order chi connectivity index (χ1) is 7.13. The molecule has 15 heavy (non-hydrogen) atoms.